The van der Waals surface area contributed by atoms with E-state index >= 15 is 0 Å². The standard InChI is InChI=1S/C24H22ClN3O3S/c1-17-11-12-18(2)23(13-17)32(30,31)28(15-20-8-3-5-9-21(20)25)16-24(29)27-22-10-6-4-7-19(22)14-26/h3-13H,15-16H2,1-2H3,(H,27,29). The molecule has 0 aliphatic heterocycles. The van der Waals surface area contributed by atoms with Gasteiger partial charge in [-0.05, 0) is 54.8 Å². The van der Waals surface area contributed by atoms with Crippen LogP contribution in [0.4, 0.5) is 5.69 Å². The van der Waals surface area contributed by atoms with Crippen molar-refractivity contribution in [2.45, 2.75) is 25.3 Å². The molecule has 0 aliphatic rings. The predicted molar refractivity (Wildman–Crippen MR) is 125 cm³/mol. The minimum Gasteiger partial charge on any atom is -0.324 e. The van der Waals surface area contributed by atoms with Crippen molar-refractivity contribution < 1.29 is 13.2 Å². The first-order valence-corrected chi connectivity index (χ1v) is 11.6. The summed E-state index contributed by atoms with van der Waals surface area (Å²) in [7, 11) is -4.02. The SMILES string of the molecule is Cc1ccc(C)c(S(=O)(=O)N(CC(=O)Nc2ccccc2C#N)Cc2ccccc2Cl)c1. The Morgan fingerprint density at radius 1 is 1.06 bits per heavy atom. The van der Waals surface area contributed by atoms with Gasteiger partial charge >= 0.3 is 0 Å². The molecule has 0 radical (unpaired) electrons. The highest BCUT2D eigenvalue weighted by Gasteiger charge is 2.29. The molecule has 0 bridgehead atoms. The predicted octanol–water partition coefficient (Wildman–Crippen LogP) is 4.66. The Morgan fingerprint density at radius 2 is 1.75 bits per heavy atom. The summed E-state index contributed by atoms with van der Waals surface area (Å²) >= 11 is 6.27. The Hall–Kier alpha value is -3.18. The molecule has 1 N–H and O–H groups in total. The molecule has 164 valence electrons. The molecule has 0 aliphatic carbocycles. The summed E-state index contributed by atoms with van der Waals surface area (Å²) in [5.41, 5.74) is 2.56. The number of benzene rings is 3. The number of nitriles is 1. The summed E-state index contributed by atoms with van der Waals surface area (Å²) in [6.07, 6.45) is 0. The van der Waals surface area contributed by atoms with E-state index < -0.39 is 22.5 Å². The summed E-state index contributed by atoms with van der Waals surface area (Å²) < 4.78 is 28.3. The number of aryl methyl sites for hydroxylation is 2. The zero-order valence-corrected chi connectivity index (χ0v) is 19.2. The maximum atomic E-state index is 13.6. The molecule has 3 aromatic carbocycles. The highest BCUT2D eigenvalue weighted by molar-refractivity contribution is 7.89. The maximum Gasteiger partial charge on any atom is 0.244 e. The molecule has 0 fully saturated rings. The van der Waals surface area contributed by atoms with Crippen LogP contribution in [-0.4, -0.2) is 25.2 Å². The van der Waals surface area contributed by atoms with E-state index in [4.69, 9.17) is 11.6 Å². The van der Waals surface area contributed by atoms with Crippen LogP contribution in [0, 0.1) is 25.2 Å². The van der Waals surface area contributed by atoms with Crippen LogP contribution >= 0.6 is 11.6 Å². The molecule has 1 amide bonds. The molecule has 32 heavy (non-hydrogen) atoms. The monoisotopic (exact) mass is 467 g/mol. The molecule has 6 nitrogen and oxygen atoms in total. The minimum absolute atomic E-state index is 0.0806. The molecule has 0 atom stereocenters. The van der Waals surface area contributed by atoms with Crippen molar-refractivity contribution >= 4 is 33.2 Å². The van der Waals surface area contributed by atoms with Crippen LogP contribution in [0.2, 0.25) is 5.02 Å². The number of rotatable bonds is 7. The molecule has 0 saturated carbocycles. The molecule has 0 unspecified atom stereocenters. The fourth-order valence-corrected chi connectivity index (χ4v) is 5.09. The van der Waals surface area contributed by atoms with E-state index in [2.05, 4.69) is 5.32 Å². The van der Waals surface area contributed by atoms with Gasteiger partial charge in [0.15, 0.2) is 0 Å². The summed E-state index contributed by atoms with van der Waals surface area (Å²) in [5, 5.41) is 12.3. The second kappa shape index (κ2) is 9.96. The van der Waals surface area contributed by atoms with E-state index in [0.717, 1.165) is 9.87 Å². The van der Waals surface area contributed by atoms with Crippen molar-refractivity contribution in [2.75, 3.05) is 11.9 Å². The third-order valence-electron chi connectivity index (χ3n) is 4.91. The number of carbonyl (C=O) groups excluding carboxylic acids is 1. The van der Waals surface area contributed by atoms with Crippen LogP contribution in [0.1, 0.15) is 22.3 Å². The first kappa shape index (κ1) is 23.5. The number of nitrogens with one attached hydrogen (secondary N) is 1. The van der Waals surface area contributed by atoms with Gasteiger partial charge in [-0.1, -0.05) is 54.1 Å². The van der Waals surface area contributed by atoms with Gasteiger partial charge in [-0.3, -0.25) is 4.79 Å². The van der Waals surface area contributed by atoms with Crippen molar-refractivity contribution in [3.8, 4) is 6.07 Å². The van der Waals surface area contributed by atoms with Gasteiger partial charge < -0.3 is 5.32 Å². The minimum atomic E-state index is -4.02. The lowest BCUT2D eigenvalue weighted by molar-refractivity contribution is -0.116. The molecular formula is C24H22ClN3O3S. The maximum absolute atomic E-state index is 13.6. The molecule has 0 saturated heterocycles. The van der Waals surface area contributed by atoms with Crippen LogP contribution < -0.4 is 5.32 Å². The Kier molecular flexibility index (Phi) is 7.31. The van der Waals surface area contributed by atoms with E-state index in [-0.39, 0.29) is 17.0 Å². The number of hydrogen-bond donors (Lipinski definition) is 1. The normalized spacial score (nSPS) is 11.2. The Balaban J connectivity index is 1.97. The van der Waals surface area contributed by atoms with Crippen LogP contribution in [0.5, 0.6) is 0 Å². The molecular weight excluding hydrogens is 446 g/mol. The average Bonchev–Trinajstić information content (AvgIpc) is 2.76. The second-order valence-electron chi connectivity index (χ2n) is 7.34. The zero-order valence-electron chi connectivity index (χ0n) is 17.7. The molecule has 8 heteroatoms. The number of hydrogen-bond acceptors (Lipinski definition) is 4. The van der Waals surface area contributed by atoms with Gasteiger partial charge in [0.25, 0.3) is 0 Å². The lowest BCUT2D eigenvalue weighted by Gasteiger charge is -2.23. The summed E-state index contributed by atoms with van der Waals surface area (Å²) in [4.78, 5) is 13.0. The fraction of sp³-hybridized carbons (Fsp3) is 0.167. The highest BCUT2D eigenvalue weighted by Crippen LogP contribution is 2.25. The molecule has 0 aromatic heterocycles. The third kappa shape index (κ3) is 5.35. The lowest BCUT2D eigenvalue weighted by atomic mass is 10.2. The van der Waals surface area contributed by atoms with Crippen molar-refractivity contribution in [3.63, 3.8) is 0 Å². The largest absolute Gasteiger partial charge is 0.324 e. The van der Waals surface area contributed by atoms with Gasteiger partial charge in [0.2, 0.25) is 15.9 Å². The topological polar surface area (TPSA) is 90.3 Å². The number of para-hydroxylation sites is 1. The first-order chi connectivity index (χ1) is 15.2. The average molecular weight is 468 g/mol. The Labute approximate surface area is 193 Å². The number of anilines is 1. The van der Waals surface area contributed by atoms with Crippen LogP contribution in [0.3, 0.4) is 0 Å². The van der Waals surface area contributed by atoms with Gasteiger partial charge in [-0.25, -0.2) is 8.42 Å². The van der Waals surface area contributed by atoms with Crippen molar-refractivity contribution in [1.29, 1.82) is 5.26 Å². The fourth-order valence-electron chi connectivity index (χ4n) is 3.21. The zero-order chi connectivity index (χ0) is 23.3. The molecule has 3 aromatic rings. The van der Waals surface area contributed by atoms with Crippen molar-refractivity contribution in [2.24, 2.45) is 0 Å². The van der Waals surface area contributed by atoms with E-state index in [1.165, 1.54) is 0 Å². The summed E-state index contributed by atoms with van der Waals surface area (Å²) in [5.74, 6) is -0.561. The summed E-state index contributed by atoms with van der Waals surface area (Å²) in [6, 6.07) is 20.6. The van der Waals surface area contributed by atoms with E-state index in [9.17, 15) is 18.5 Å². The first-order valence-electron chi connectivity index (χ1n) is 9.82. The molecule has 0 spiro atoms. The Bertz CT molecular complexity index is 1300. The van der Waals surface area contributed by atoms with Gasteiger partial charge in [0, 0.05) is 11.6 Å². The third-order valence-corrected chi connectivity index (χ3v) is 7.21. The van der Waals surface area contributed by atoms with E-state index in [1.54, 1.807) is 67.6 Å². The molecule has 3 rings (SSSR count). The quantitative estimate of drug-likeness (QED) is 0.547. The number of sulfonamides is 1. The van der Waals surface area contributed by atoms with E-state index in [0.29, 0.717) is 21.8 Å². The number of nitrogens with zero attached hydrogens (tertiary/aromatic N) is 2. The highest BCUT2D eigenvalue weighted by atomic mass is 35.5. The Morgan fingerprint density at radius 3 is 2.47 bits per heavy atom. The van der Waals surface area contributed by atoms with Crippen LogP contribution in [-0.2, 0) is 21.4 Å². The molecule has 0 heterocycles. The van der Waals surface area contributed by atoms with Crippen LogP contribution in [0.15, 0.2) is 71.6 Å². The van der Waals surface area contributed by atoms with Crippen molar-refractivity contribution in [1.82, 2.24) is 4.31 Å². The second-order valence-corrected chi connectivity index (χ2v) is 9.65. The number of amides is 1. The number of carbonyl (C=O) groups is 1. The number of halogens is 1. The smallest absolute Gasteiger partial charge is 0.244 e. The summed E-state index contributed by atoms with van der Waals surface area (Å²) in [6.45, 7) is 3.00. The van der Waals surface area contributed by atoms with Gasteiger partial charge in [0.05, 0.1) is 22.7 Å². The van der Waals surface area contributed by atoms with E-state index in [1.807, 2.05) is 19.1 Å². The van der Waals surface area contributed by atoms with Crippen LogP contribution in [0.25, 0.3) is 0 Å². The lowest BCUT2D eigenvalue weighted by Crippen LogP contribution is -2.38. The van der Waals surface area contributed by atoms with Gasteiger partial charge in [0.1, 0.15) is 6.07 Å². The van der Waals surface area contributed by atoms with Gasteiger partial charge in [-0.2, -0.15) is 9.57 Å². The van der Waals surface area contributed by atoms with Crippen molar-refractivity contribution in [3.05, 3.63) is 94.0 Å². The van der Waals surface area contributed by atoms with Gasteiger partial charge in [-0.15, -0.1) is 0 Å².